The van der Waals surface area contributed by atoms with Gasteiger partial charge in [-0.2, -0.15) is 0 Å². The second kappa shape index (κ2) is 10.4. The lowest BCUT2D eigenvalue weighted by Gasteiger charge is -2.17. The SMILES string of the molecule is CCCC(C)NCC(C)OCCOCC. The van der Waals surface area contributed by atoms with Gasteiger partial charge in [-0.05, 0) is 27.2 Å². The van der Waals surface area contributed by atoms with Crippen LogP contribution in [0.2, 0.25) is 0 Å². The third kappa shape index (κ3) is 10.2. The lowest BCUT2D eigenvalue weighted by atomic mass is 10.2. The molecule has 92 valence electrons. The lowest BCUT2D eigenvalue weighted by molar-refractivity contribution is 0.0150. The summed E-state index contributed by atoms with van der Waals surface area (Å²) in [6, 6.07) is 0.591. The van der Waals surface area contributed by atoms with E-state index in [1.165, 1.54) is 12.8 Å². The Kier molecular flexibility index (Phi) is 10.3. The van der Waals surface area contributed by atoms with Crippen LogP contribution in [0.5, 0.6) is 0 Å². The third-order valence-electron chi connectivity index (χ3n) is 2.31. The Bertz CT molecular complexity index is 131. The van der Waals surface area contributed by atoms with Crippen LogP contribution in [0, 0.1) is 0 Å². The molecule has 0 radical (unpaired) electrons. The maximum absolute atomic E-state index is 5.59. The molecule has 0 bridgehead atoms. The summed E-state index contributed by atoms with van der Waals surface area (Å²) in [4.78, 5) is 0. The summed E-state index contributed by atoms with van der Waals surface area (Å²) in [5.74, 6) is 0. The topological polar surface area (TPSA) is 30.5 Å². The molecule has 0 aromatic heterocycles. The van der Waals surface area contributed by atoms with Crippen LogP contribution in [0.1, 0.15) is 40.5 Å². The summed E-state index contributed by atoms with van der Waals surface area (Å²) < 4.78 is 10.8. The van der Waals surface area contributed by atoms with E-state index in [0.717, 1.165) is 13.2 Å². The highest BCUT2D eigenvalue weighted by Gasteiger charge is 2.04. The molecule has 0 spiro atoms. The average molecular weight is 217 g/mol. The zero-order chi connectivity index (χ0) is 11.5. The molecule has 3 heteroatoms. The summed E-state index contributed by atoms with van der Waals surface area (Å²) in [5.41, 5.74) is 0. The highest BCUT2D eigenvalue weighted by Crippen LogP contribution is 1.96. The summed E-state index contributed by atoms with van der Waals surface area (Å²) in [5, 5.41) is 3.46. The Morgan fingerprint density at radius 1 is 1.13 bits per heavy atom. The number of rotatable bonds is 10. The normalized spacial score (nSPS) is 15.2. The minimum atomic E-state index is 0.268. The van der Waals surface area contributed by atoms with Crippen LogP contribution in [0.3, 0.4) is 0 Å². The van der Waals surface area contributed by atoms with Crippen LogP contribution in [0.4, 0.5) is 0 Å². The molecule has 0 aliphatic heterocycles. The second-order valence-electron chi connectivity index (χ2n) is 3.98. The van der Waals surface area contributed by atoms with Gasteiger partial charge in [0.05, 0.1) is 19.3 Å². The molecule has 2 unspecified atom stereocenters. The van der Waals surface area contributed by atoms with Crippen molar-refractivity contribution in [2.45, 2.75) is 52.7 Å². The maximum Gasteiger partial charge on any atom is 0.0704 e. The molecular weight excluding hydrogens is 190 g/mol. The molecule has 0 heterocycles. The smallest absolute Gasteiger partial charge is 0.0704 e. The van der Waals surface area contributed by atoms with Crippen LogP contribution in [0.25, 0.3) is 0 Å². The fourth-order valence-corrected chi connectivity index (χ4v) is 1.41. The summed E-state index contributed by atoms with van der Waals surface area (Å²) in [7, 11) is 0. The van der Waals surface area contributed by atoms with Crippen molar-refractivity contribution in [3.05, 3.63) is 0 Å². The number of hydrogen-bond acceptors (Lipinski definition) is 3. The molecule has 0 aliphatic carbocycles. The molecule has 3 nitrogen and oxygen atoms in total. The average Bonchev–Trinajstić information content (AvgIpc) is 2.22. The zero-order valence-corrected chi connectivity index (χ0v) is 10.7. The minimum absolute atomic E-state index is 0.268. The number of hydrogen-bond donors (Lipinski definition) is 1. The van der Waals surface area contributed by atoms with E-state index in [-0.39, 0.29) is 6.10 Å². The fourth-order valence-electron chi connectivity index (χ4n) is 1.41. The molecule has 0 saturated heterocycles. The van der Waals surface area contributed by atoms with Crippen molar-refractivity contribution >= 4 is 0 Å². The summed E-state index contributed by atoms with van der Waals surface area (Å²) in [6.07, 6.45) is 2.73. The fraction of sp³-hybridized carbons (Fsp3) is 1.00. The van der Waals surface area contributed by atoms with Crippen LogP contribution < -0.4 is 5.32 Å². The van der Waals surface area contributed by atoms with Gasteiger partial charge in [-0.25, -0.2) is 0 Å². The van der Waals surface area contributed by atoms with Crippen LogP contribution in [-0.2, 0) is 9.47 Å². The maximum atomic E-state index is 5.59. The molecule has 0 aliphatic rings. The van der Waals surface area contributed by atoms with Crippen molar-refractivity contribution < 1.29 is 9.47 Å². The minimum Gasteiger partial charge on any atom is -0.379 e. The van der Waals surface area contributed by atoms with Crippen molar-refractivity contribution in [2.24, 2.45) is 0 Å². The van der Waals surface area contributed by atoms with Crippen molar-refractivity contribution in [3.8, 4) is 0 Å². The van der Waals surface area contributed by atoms with Crippen molar-refractivity contribution in [1.82, 2.24) is 5.32 Å². The van der Waals surface area contributed by atoms with Gasteiger partial charge in [-0.3, -0.25) is 0 Å². The van der Waals surface area contributed by atoms with E-state index < -0.39 is 0 Å². The van der Waals surface area contributed by atoms with Crippen molar-refractivity contribution in [3.63, 3.8) is 0 Å². The van der Waals surface area contributed by atoms with Gasteiger partial charge < -0.3 is 14.8 Å². The second-order valence-corrected chi connectivity index (χ2v) is 3.98. The van der Waals surface area contributed by atoms with Crippen LogP contribution in [-0.4, -0.2) is 38.5 Å². The predicted molar refractivity (Wildman–Crippen MR) is 64.3 cm³/mol. The lowest BCUT2D eigenvalue weighted by Crippen LogP contribution is -2.34. The van der Waals surface area contributed by atoms with Crippen molar-refractivity contribution in [1.29, 1.82) is 0 Å². The molecule has 0 aromatic carbocycles. The molecule has 0 saturated carbocycles. The van der Waals surface area contributed by atoms with E-state index in [1.807, 2.05) is 6.92 Å². The van der Waals surface area contributed by atoms with E-state index in [9.17, 15) is 0 Å². The Balaban J connectivity index is 3.28. The standard InChI is InChI=1S/C12H27NO2/c1-5-7-11(3)13-10-12(4)15-9-8-14-6-2/h11-13H,5-10H2,1-4H3. The van der Waals surface area contributed by atoms with Gasteiger partial charge in [0.25, 0.3) is 0 Å². The molecule has 2 atom stereocenters. The Hall–Kier alpha value is -0.120. The van der Waals surface area contributed by atoms with Crippen LogP contribution >= 0.6 is 0 Å². The summed E-state index contributed by atoms with van der Waals surface area (Å²) >= 11 is 0. The molecule has 0 fully saturated rings. The number of nitrogens with one attached hydrogen (secondary N) is 1. The zero-order valence-electron chi connectivity index (χ0n) is 10.7. The third-order valence-corrected chi connectivity index (χ3v) is 2.31. The van der Waals surface area contributed by atoms with E-state index in [4.69, 9.17) is 9.47 Å². The molecule has 0 rings (SSSR count). The van der Waals surface area contributed by atoms with Gasteiger partial charge in [0, 0.05) is 19.2 Å². The van der Waals surface area contributed by atoms with E-state index in [0.29, 0.717) is 19.3 Å². The van der Waals surface area contributed by atoms with Gasteiger partial charge in [0.15, 0.2) is 0 Å². The molecule has 0 aromatic rings. The monoisotopic (exact) mass is 217 g/mol. The van der Waals surface area contributed by atoms with E-state index in [2.05, 4.69) is 26.1 Å². The molecular formula is C12H27NO2. The highest BCUT2D eigenvalue weighted by atomic mass is 16.5. The quantitative estimate of drug-likeness (QED) is 0.569. The molecule has 1 N–H and O–H groups in total. The van der Waals surface area contributed by atoms with Gasteiger partial charge >= 0.3 is 0 Å². The Labute approximate surface area is 94.5 Å². The number of ether oxygens (including phenoxy) is 2. The van der Waals surface area contributed by atoms with Gasteiger partial charge in [0.1, 0.15) is 0 Å². The Morgan fingerprint density at radius 3 is 2.47 bits per heavy atom. The first-order valence-corrected chi connectivity index (χ1v) is 6.13. The first kappa shape index (κ1) is 14.9. The predicted octanol–water partition coefficient (Wildman–Crippen LogP) is 2.21. The van der Waals surface area contributed by atoms with Gasteiger partial charge in [0.2, 0.25) is 0 Å². The van der Waals surface area contributed by atoms with E-state index >= 15 is 0 Å². The first-order valence-electron chi connectivity index (χ1n) is 6.13. The highest BCUT2D eigenvalue weighted by molar-refractivity contribution is 4.62. The van der Waals surface area contributed by atoms with Gasteiger partial charge in [-0.15, -0.1) is 0 Å². The Morgan fingerprint density at radius 2 is 1.87 bits per heavy atom. The van der Waals surface area contributed by atoms with E-state index in [1.54, 1.807) is 0 Å². The molecule has 0 amide bonds. The largest absolute Gasteiger partial charge is 0.379 e. The van der Waals surface area contributed by atoms with Gasteiger partial charge in [-0.1, -0.05) is 13.3 Å². The van der Waals surface area contributed by atoms with Crippen LogP contribution in [0.15, 0.2) is 0 Å². The molecule has 15 heavy (non-hydrogen) atoms. The summed E-state index contributed by atoms with van der Waals surface area (Å²) in [6.45, 7) is 11.6. The van der Waals surface area contributed by atoms with Crippen molar-refractivity contribution in [2.75, 3.05) is 26.4 Å². The first-order chi connectivity index (χ1) is 7.20.